The fourth-order valence-electron chi connectivity index (χ4n) is 10.5. The van der Waals surface area contributed by atoms with Crippen molar-refractivity contribution in [2.75, 3.05) is 13.2 Å². The van der Waals surface area contributed by atoms with Crippen LogP contribution in [0, 0.1) is 0 Å². The molecule has 6 heteroatoms. The van der Waals surface area contributed by atoms with Crippen molar-refractivity contribution >= 4 is 11.9 Å². The summed E-state index contributed by atoms with van der Waals surface area (Å²) in [6.07, 6.45) is 82.3. The van der Waals surface area contributed by atoms with Gasteiger partial charge in [-0.3, -0.25) is 9.59 Å². The van der Waals surface area contributed by atoms with E-state index in [9.17, 15) is 19.8 Å². The lowest BCUT2D eigenvalue weighted by molar-refractivity contribution is -0.143. The largest absolute Gasteiger partial charge is 0.466 e. The number of carbonyl (C=O) groups excluding carboxylic acids is 2. The molecular weight excluding hydrogens is 923 g/mol. The van der Waals surface area contributed by atoms with Gasteiger partial charge in [0.2, 0.25) is 5.91 Å². The molecule has 0 aliphatic rings. The van der Waals surface area contributed by atoms with Gasteiger partial charge >= 0.3 is 5.97 Å². The molecule has 0 saturated heterocycles. The summed E-state index contributed by atoms with van der Waals surface area (Å²) in [5.74, 6) is -0.0567. The third-order valence-electron chi connectivity index (χ3n) is 15.7. The molecule has 0 rings (SSSR count). The SMILES string of the molecule is CCCCC/C=C\C/C=C\CCCCCCCC(=O)OCCCCCCCCCCCCCCCCCCCCCCCCCCCCCCCCCCC(=O)NC(CO)C(O)/C=C/CCCCCCCCCCC. The Morgan fingerprint density at radius 1 is 0.373 bits per heavy atom. The van der Waals surface area contributed by atoms with E-state index in [1.807, 2.05) is 6.08 Å². The van der Waals surface area contributed by atoms with Crippen molar-refractivity contribution < 1.29 is 24.5 Å². The molecule has 2 atom stereocenters. The van der Waals surface area contributed by atoms with Crippen LogP contribution in [0.5, 0.6) is 0 Å². The van der Waals surface area contributed by atoms with E-state index in [4.69, 9.17) is 4.74 Å². The summed E-state index contributed by atoms with van der Waals surface area (Å²) in [5.41, 5.74) is 0. The summed E-state index contributed by atoms with van der Waals surface area (Å²) < 4.78 is 5.49. The first-order valence-corrected chi connectivity index (χ1v) is 33.8. The molecular formula is C69H131NO5. The van der Waals surface area contributed by atoms with Gasteiger partial charge in [-0.2, -0.15) is 0 Å². The van der Waals surface area contributed by atoms with Crippen LogP contribution in [0.3, 0.4) is 0 Å². The Labute approximate surface area is 468 Å². The molecule has 0 aliphatic carbocycles. The van der Waals surface area contributed by atoms with Gasteiger partial charge in [0.05, 0.1) is 25.4 Å². The third kappa shape index (κ3) is 61.2. The molecule has 2 unspecified atom stereocenters. The van der Waals surface area contributed by atoms with Gasteiger partial charge in [-0.15, -0.1) is 0 Å². The molecule has 442 valence electrons. The van der Waals surface area contributed by atoms with Crippen molar-refractivity contribution in [3.63, 3.8) is 0 Å². The zero-order chi connectivity index (χ0) is 54.3. The van der Waals surface area contributed by atoms with E-state index in [1.165, 1.54) is 289 Å². The molecule has 1 amide bonds. The fraction of sp³-hybridized carbons (Fsp3) is 0.884. The van der Waals surface area contributed by atoms with Crippen molar-refractivity contribution in [3.8, 4) is 0 Å². The second kappa shape index (κ2) is 64.6. The van der Waals surface area contributed by atoms with Gasteiger partial charge in [-0.25, -0.2) is 0 Å². The molecule has 0 radical (unpaired) electrons. The molecule has 3 N–H and O–H groups in total. The second-order valence-corrected chi connectivity index (χ2v) is 23.2. The number of unbranched alkanes of at least 4 members (excludes halogenated alkanes) is 48. The normalized spacial score (nSPS) is 12.7. The number of rotatable bonds is 63. The molecule has 0 bridgehead atoms. The highest BCUT2D eigenvalue weighted by molar-refractivity contribution is 5.76. The van der Waals surface area contributed by atoms with E-state index in [1.54, 1.807) is 6.08 Å². The highest BCUT2D eigenvalue weighted by Crippen LogP contribution is 2.18. The number of allylic oxidation sites excluding steroid dienone is 5. The summed E-state index contributed by atoms with van der Waals surface area (Å²) in [6, 6.07) is -0.623. The molecule has 0 fully saturated rings. The first kappa shape index (κ1) is 73.1. The van der Waals surface area contributed by atoms with Crippen LogP contribution in [-0.2, 0) is 14.3 Å². The van der Waals surface area contributed by atoms with Crippen LogP contribution in [0.15, 0.2) is 36.5 Å². The fourth-order valence-corrected chi connectivity index (χ4v) is 10.5. The number of nitrogens with one attached hydrogen (secondary N) is 1. The number of ether oxygens (including phenoxy) is 1. The summed E-state index contributed by atoms with van der Waals surface area (Å²) >= 11 is 0. The van der Waals surface area contributed by atoms with Crippen molar-refractivity contribution in [3.05, 3.63) is 36.5 Å². The minimum atomic E-state index is -0.839. The maximum absolute atomic E-state index is 12.4. The second-order valence-electron chi connectivity index (χ2n) is 23.2. The van der Waals surface area contributed by atoms with Gasteiger partial charge in [0.1, 0.15) is 0 Å². The van der Waals surface area contributed by atoms with Crippen molar-refractivity contribution in [2.45, 2.75) is 379 Å². The van der Waals surface area contributed by atoms with Gasteiger partial charge in [0.25, 0.3) is 0 Å². The lowest BCUT2D eigenvalue weighted by atomic mass is 10.0. The number of aliphatic hydroxyl groups excluding tert-OH is 2. The smallest absolute Gasteiger partial charge is 0.305 e. The van der Waals surface area contributed by atoms with E-state index in [-0.39, 0.29) is 18.5 Å². The molecule has 0 aromatic heterocycles. The maximum atomic E-state index is 12.4. The molecule has 0 saturated carbocycles. The average molecular weight is 1050 g/mol. The standard InChI is InChI=1S/C69H131NO5/c1-3-5-7-9-11-13-15-16-35-39-43-47-51-55-59-63-69(74)75-64-60-56-52-48-44-40-37-34-32-30-28-26-24-22-20-18-17-19-21-23-25-27-29-31-33-36-38-42-46-50-54-58-62-68(73)70-66(65-71)67(72)61-57-53-49-45-41-14-12-10-8-6-4-2/h11,13,16,35,57,61,66-67,71-72H,3-10,12,14-15,17-34,36-56,58-60,62-65H2,1-2H3,(H,70,73)/b13-11-,35-16-,61-57+. The van der Waals surface area contributed by atoms with Gasteiger partial charge in [0.15, 0.2) is 0 Å². The molecule has 6 nitrogen and oxygen atoms in total. The van der Waals surface area contributed by atoms with E-state index in [2.05, 4.69) is 43.5 Å². The van der Waals surface area contributed by atoms with E-state index in [0.717, 1.165) is 51.4 Å². The minimum Gasteiger partial charge on any atom is -0.466 e. The number of carbonyl (C=O) groups is 2. The summed E-state index contributed by atoms with van der Waals surface area (Å²) in [6.45, 7) is 4.88. The van der Waals surface area contributed by atoms with Gasteiger partial charge in [-0.05, 0) is 64.2 Å². The minimum absolute atomic E-state index is 0.00694. The van der Waals surface area contributed by atoms with Gasteiger partial charge < -0.3 is 20.3 Å². The Morgan fingerprint density at radius 3 is 1.04 bits per heavy atom. The molecule has 0 aromatic rings. The van der Waals surface area contributed by atoms with Gasteiger partial charge in [0, 0.05) is 12.8 Å². The Kier molecular flexibility index (Phi) is 63.0. The summed E-state index contributed by atoms with van der Waals surface area (Å²) in [5, 5.41) is 23.0. The van der Waals surface area contributed by atoms with Crippen molar-refractivity contribution in [1.82, 2.24) is 5.32 Å². The number of aliphatic hydroxyl groups is 2. The van der Waals surface area contributed by atoms with Crippen LogP contribution in [0.4, 0.5) is 0 Å². The Morgan fingerprint density at radius 2 is 0.667 bits per heavy atom. The number of hydrogen-bond donors (Lipinski definition) is 3. The van der Waals surface area contributed by atoms with Crippen LogP contribution in [0.25, 0.3) is 0 Å². The van der Waals surface area contributed by atoms with Crippen LogP contribution < -0.4 is 5.32 Å². The van der Waals surface area contributed by atoms with Gasteiger partial charge in [-0.1, -0.05) is 326 Å². The number of hydrogen-bond acceptors (Lipinski definition) is 5. The highest BCUT2D eigenvalue weighted by Gasteiger charge is 2.18. The van der Waals surface area contributed by atoms with Crippen molar-refractivity contribution in [2.24, 2.45) is 0 Å². The van der Waals surface area contributed by atoms with E-state index >= 15 is 0 Å². The quantitative estimate of drug-likeness (QED) is 0.0320. The first-order valence-electron chi connectivity index (χ1n) is 33.8. The Hall–Kier alpha value is -1.92. The van der Waals surface area contributed by atoms with Crippen LogP contribution in [-0.4, -0.2) is 47.4 Å². The topological polar surface area (TPSA) is 95.9 Å². The highest BCUT2D eigenvalue weighted by atomic mass is 16.5. The van der Waals surface area contributed by atoms with Crippen LogP contribution in [0.2, 0.25) is 0 Å². The van der Waals surface area contributed by atoms with Crippen LogP contribution in [0.1, 0.15) is 367 Å². The zero-order valence-electron chi connectivity index (χ0n) is 50.5. The van der Waals surface area contributed by atoms with Crippen molar-refractivity contribution in [1.29, 1.82) is 0 Å². The van der Waals surface area contributed by atoms with Crippen LogP contribution >= 0.6 is 0 Å². The summed E-state index contributed by atoms with van der Waals surface area (Å²) in [4.78, 5) is 24.5. The Balaban J connectivity index is 3.32. The first-order chi connectivity index (χ1) is 37.0. The van der Waals surface area contributed by atoms with E-state index in [0.29, 0.717) is 19.4 Å². The predicted octanol–water partition coefficient (Wildman–Crippen LogP) is 21.5. The molecule has 0 spiro atoms. The molecule has 75 heavy (non-hydrogen) atoms. The zero-order valence-corrected chi connectivity index (χ0v) is 50.5. The lowest BCUT2D eigenvalue weighted by Gasteiger charge is -2.20. The van der Waals surface area contributed by atoms with E-state index < -0.39 is 12.1 Å². The lowest BCUT2D eigenvalue weighted by Crippen LogP contribution is -2.45. The predicted molar refractivity (Wildman–Crippen MR) is 329 cm³/mol. The maximum Gasteiger partial charge on any atom is 0.305 e. The monoisotopic (exact) mass is 1050 g/mol. The number of amides is 1. The molecule has 0 aliphatic heterocycles. The Bertz CT molecular complexity index is 1210. The number of esters is 1. The summed E-state index contributed by atoms with van der Waals surface area (Å²) in [7, 11) is 0. The molecule has 0 heterocycles. The average Bonchev–Trinajstić information content (AvgIpc) is 3.41. The third-order valence-corrected chi connectivity index (χ3v) is 15.7. The molecule has 0 aromatic carbocycles.